The van der Waals surface area contributed by atoms with Gasteiger partial charge in [-0.05, 0) is 39.5 Å². The molecule has 19 heavy (non-hydrogen) atoms. The lowest BCUT2D eigenvalue weighted by atomic mass is 9.96. The number of piperidine rings is 1. The van der Waals surface area contributed by atoms with Crippen LogP contribution in [0.4, 0.5) is 4.79 Å². The summed E-state index contributed by atoms with van der Waals surface area (Å²) in [5.74, 6) is -1.02. The Bertz CT molecular complexity index is 439. The largest absolute Gasteiger partial charge is 0.468 e. The number of fused-ring (bicyclic) bond motifs is 1. The normalized spacial score (nSPS) is 29.6. The molecule has 2 aliphatic rings. The Morgan fingerprint density at radius 2 is 2.00 bits per heavy atom. The molecule has 1 saturated heterocycles. The Hall–Kier alpha value is -1.59. The van der Waals surface area contributed by atoms with Gasteiger partial charge >= 0.3 is 12.1 Å². The summed E-state index contributed by atoms with van der Waals surface area (Å²) in [4.78, 5) is 37.1. The van der Waals surface area contributed by atoms with Gasteiger partial charge in [0.05, 0.1) is 7.11 Å². The molecule has 0 aromatic rings. The van der Waals surface area contributed by atoms with E-state index < -0.39 is 29.0 Å². The topological polar surface area (TPSA) is 72.9 Å². The molecule has 0 N–H and O–H groups in total. The lowest BCUT2D eigenvalue weighted by Gasteiger charge is -2.31. The molecule has 1 saturated carbocycles. The fraction of sp³-hybridized carbons (Fsp3) is 0.769. The van der Waals surface area contributed by atoms with Gasteiger partial charge in [-0.1, -0.05) is 0 Å². The maximum atomic E-state index is 12.3. The molecule has 2 amide bonds. The minimum atomic E-state index is -1.14. The van der Waals surface area contributed by atoms with Gasteiger partial charge in [0.15, 0.2) is 5.41 Å². The molecule has 2 fully saturated rings. The summed E-state index contributed by atoms with van der Waals surface area (Å²) in [5.41, 5.74) is -1.81. The zero-order chi connectivity index (χ0) is 14.4. The van der Waals surface area contributed by atoms with Crippen molar-refractivity contribution in [2.45, 2.75) is 39.2 Å². The third-order valence-electron chi connectivity index (χ3n) is 3.60. The van der Waals surface area contributed by atoms with E-state index in [-0.39, 0.29) is 5.92 Å². The molecule has 1 heterocycles. The predicted octanol–water partition coefficient (Wildman–Crippen LogP) is 1.33. The molecule has 2 rings (SSSR count). The number of methoxy groups -OCH3 is 1. The summed E-state index contributed by atoms with van der Waals surface area (Å²) in [7, 11) is 1.26. The summed E-state index contributed by atoms with van der Waals surface area (Å²) in [6, 6.07) is 0. The molecule has 6 heteroatoms. The number of esters is 1. The van der Waals surface area contributed by atoms with Gasteiger partial charge in [0, 0.05) is 6.54 Å². The van der Waals surface area contributed by atoms with E-state index in [9.17, 15) is 14.4 Å². The van der Waals surface area contributed by atoms with Crippen molar-refractivity contribution in [1.82, 2.24) is 4.90 Å². The number of hydrogen-bond donors (Lipinski definition) is 0. The number of carbonyl (C=O) groups is 3. The first-order valence-electron chi connectivity index (χ1n) is 6.36. The van der Waals surface area contributed by atoms with Gasteiger partial charge in [-0.15, -0.1) is 0 Å². The summed E-state index contributed by atoms with van der Waals surface area (Å²) in [6.07, 6.45) is 0.406. The van der Waals surface area contributed by atoms with Gasteiger partial charge in [-0.2, -0.15) is 0 Å². The Morgan fingerprint density at radius 1 is 1.37 bits per heavy atom. The van der Waals surface area contributed by atoms with Gasteiger partial charge in [0.25, 0.3) is 0 Å². The second-order valence-electron chi connectivity index (χ2n) is 6.09. The average molecular weight is 269 g/mol. The number of ether oxygens (including phenoxy) is 2. The first kappa shape index (κ1) is 13.8. The standard InChI is InChI=1S/C13H19NO5/c1-12(2,3)19-11(17)14-6-5-8-7-13(8,9(14)15)10(16)18-4/h8H,5-7H2,1-4H3. The maximum absolute atomic E-state index is 12.3. The van der Waals surface area contributed by atoms with Crippen LogP contribution in [-0.4, -0.2) is 42.1 Å². The Kier molecular flexibility index (Phi) is 3.07. The minimum Gasteiger partial charge on any atom is -0.468 e. The molecular formula is C13H19NO5. The molecule has 106 valence electrons. The molecule has 1 aliphatic carbocycles. The van der Waals surface area contributed by atoms with Gasteiger partial charge in [-0.3, -0.25) is 9.59 Å². The highest BCUT2D eigenvalue weighted by atomic mass is 16.6. The van der Waals surface area contributed by atoms with Crippen LogP contribution >= 0.6 is 0 Å². The zero-order valence-electron chi connectivity index (χ0n) is 11.7. The molecule has 0 bridgehead atoms. The van der Waals surface area contributed by atoms with Gasteiger partial charge in [0.1, 0.15) is 5.60 Å². The number of carbonyl (C=O) groups excluding carboxylic acids is 3. The fourth-order valence-corrected chi connectivity index (χ4v) is 2.58. The molecule has 1 aliphatic heterocycles. The van der Waals surface area contributed by atoms with Crippen molar-refractivity contribution in [3.05, 3.63) is 0 Å². The number of imide groups is 1. The lowest BCUT2D eigenvalue weighted by molar-refractivity contribution is -0.158. The molecule has 0 aromatic carbocycles. The van der Waals surface area contributed by atoms with Crippen molar-refractivity contribution in [3.63, 3.8) is 0 Å². The number of nitrogens with zero attached hydrogens (tertiary/aromatic N) is 1. The summed E-state index contributed by atoms with van der Waals surface area (Å²) >= 11 is 0. The van der Waals surface area contributed by atoms with Crippen LogP contribution in [-0.2, 0) is 19.1 Å². The highest BCUT2D eigenvalue weighted by Crippen LogP contribution is 2.58. The van der Waals surface area contributed by atoms with Crippen molar-refractivity contribution in [2.24, 2.45) is 11.3 Å². The maximum Gasteiger partial charge on any atom is 0.417 e. The molecule has 0 aromatic heterocycles. The molecule has 6 nitrogen and oxygen atoms in total. The Labute approximate surface area is 112 Å². The van der Waals surface area contributed by atoms with E-state index in [1.807, 2.05) is 0 Å². The van der Waals surface area contributed by atoms with Crippen molar-refractivity contribution in [3.8, 4) is 0 Å². The van der Waals surface area contributed by atoms with Crippen molar-refractivity contribution in [1.29, 1.82) is 0 Å². The van der Waals surface area contributed by atoms with E-state index in [1.54, 1.807) is 20.8 Å². The SMILES string of the molecule is COC(=O)C12CC1CCN(C(=O)OC(C)(C)C)C2=O. The highest BCUT2D eigenvalue weighted by Gasteiger charge is 2.70. The smallest absolute Gasteiger partial charge is 0.417 e. The van der Waals surface area contributed by atoms with Crippen LogP contribution in [0.3, 0.4) is 0 Å². The van der Waals surface area contributed by atoms with E-state index in [0.29, 0.717) is 19.4 Å². The summed E-state index contributed by atoms with van der Waals surface area (Å²) < 4.78 is 9.88. The van der Waals surface area contributed by atoms with Crippen LogP contribution in [0.5, 0.6) is 0 Å². The van der Waals surface area contributed by atoms with Crippen LogP contribution in [0.1, 0.15) is 33.6 Å². The number of likely N-dealkylation sites (tertiary alicyclic amines) is 1. The molecule has 2 atom stereocenters. The summed E-state index contributed by atoms with van der Waals surface area (Å²) in [5, 5.41) is 0. The molecule has 0 spiro atoms. The van der Waals surface area contributed by atoms with Crippen LogP contribution in [0.25, 0.3) is 0 Å². The van der Waals surface area contributed by atoms with Crippen molar-refractivity contribution >= 4 is 18.0 Å². The van der Waals surface area contributed by atoms with Gasteiger partial charge < -0.3 is 9.47 Å². The van der Waals surface area contributed by atoms with E-state index in [0.717, 1.165) is 4.90 Å². The van der Waals surface area contributed by atoms with Gasteiger partial charge in [-0.25, -0.2) is 9.69 Å². The third kappa shape index (κ3) is 2.19. The Balaban J connectivity index is 2.15. The first-order chi connectivity index (χ1) is 8.72. The van der Waals surface area contributed by atoms with E-state index in [2.05, 4.69) is 0 Å². The molecular weight excluding hydrogens is 250 g/mol. The average Bonchev–Trinajstić information content (AvgIpc) is 3.02. The van der Waals surface area contributed by atoms with Crippen LogP contribution in [0, 0.1) is 11.3 Å². The molecule has 2 unspecified atom stereocenters. The van der Waals surface area contributed by atoms with E-state index >= 15 is 0 Å². The number of amides is 2. The number of rotatable bonds is 1. The minimum absolute atomic E-state index is 0.00568. The Morgan fingerprint density at radius 3 is 2.53 bits per heavy atom. The first-order valence-corrected chi connectivity index (χ1v) is 6.36. The molecule has 0 radical (unpaired) electrons. The fourth-order valence-electron chi connectivity index (χ4n) is 2.58. The second-order valence-corrected chi connectivity index (χ2v) is 6.09. The number of hydrogen-bond acceptors (Lipinski definition) is 5. The summed E-state index contributed by atoms with van der Waals surface area (Å²) in [6.45, 7) is 5.50. The lowest BCUT2D eigenvalue weighted by Crippen LogP contribution is -2.50. The third-order valence-corrected chi connectivity index (χ3v) is 3.60. The second kappa shape index (κ2) is 4.21. The monoisotopic (exact) mass is 269 g/mol. The van der Waals surface area contributed by atoms with Crippen LogP contribution < -0.4 is 0 Å². The van der Waals surface area contributed by atoms with Crippen molar-refractivity contribution < 1.29 is 23.9 Å². The van der Waals surface area contributed by atoms with Crippen molar-refractivity contribution in [2.75, 3.05) is 13.7 Å². The quantitative estimate of drug-likeness (QED) is 0.530. The highest BCUT2D eigenvalue weighted by molar-refractivity contribution is 6.11. The van der Waals surface area contributed by atoms with E-state index in [4.69, 9.17) is 9.47 Å². The van der Waals surface area contributed by atoms with Gasteiger partial charge in [0.2, 0.25) is 5.91 Å². The van der Waals surface area contributed by atoms with Crippen LogP contribution in [0.15, 0.2) is 0 Å². The van der Waals surface area contributed by atoms with Crippen LogP contribution in [0.2, 0.25) is 0 Å². The van der Waals surface area contributed by atoms with E-state index in [1.165, 1.54) is 7.11 Å². The zero-order valence-corrected chi connectivity index (χ0v) is 11.7. The predicted molar refractivity (Wildman–Crippen MR) is 65.1 cm³/mol.